The van der Waals surface area contributed by atoms with Gasteiger partial charge in [0.25, 0.3) is 0 Å². The van der Waals surface area contributed by atoms with E-state index in [4.69, 9.17) is 5.73 Å². The minimum absolute atomic E-state index is 0.0650. The molecule has 2 unspecified atom stereocenters. The molecule has 0 saturated carbocycles. The second kappa shape index (κ2) is 5.82. The average Bonchev–Trinajstić information content (AvgIpc) is 2.73. The number of aryl methyl sites for hydroxylation is 1. The largest absolute Gasteiger partial charge is 0.368 e. The van der Waals surface area contributed by atoms with Gasteiger partial charge in [0.2, 0.25) is 5.91 Å². The Morgan fingerprint density at radius 3 is 2.59 bits per heavy atom. The van der Waals surface area contributed by atoms with Crippen LogP contribution in [-0.2, 0) is 11.3 Å². The Kier molecular flexibility index (Phi) is 4.69. The third-order valence-corrected chi connectivity index (χ3v) is 2.88. The number of hydrogen-bond donors (Lipinski definition) is 2. The van der Waals surface area contributed by atoms with Crippen LogP contribution in [0.1, 0.15) is 39.3 Å². The van der Waals surface area contributed by atoms with E-state index >= 15 is 0 Å². The first-order valence-corrected chi connectivity index (χ1v) is 6.03. The summed E-state index contributed by atoms with van der Waals surface area (Å²) in [5, 5.41) is 7.45. The summed E-state index contributed by atoms with van der Waals surface area (Å²) in [6, 6.07) is -0.245. The zero-order chi connectivity index (χ0) is 13.0. The molecule has 5 nitrogen and oxygen atoms in total. The highest BCUT2D eigenvalue weighted by atomic mass is 16.1. The van der Waals surface area contributed by atoms with Crippen molar-refractivity contribution < 1.29 is 4.79 Å². The maximum Gasteiger partial charge on any atom is 0.234 e. The maximum atomic E-state index is 11.3. The Bertz CT molecular complexity index is 372. The van der Waals surface area contributed by atoms with E-state index in [1.54, 1.807) is 0 Å². The molecule has 5 heteroatoms. The van der Waals surface area contributed by atoms with Crippen molar-refractivity contribution in [1.29, 1.82) is 0 Å². The molecule has 0 aromatic carbocycles. The Balaban J connectivity index is 2.69. The van der Waals surface area contributed by atoms with Crippen LogP contribution in [0.5, 0.6) is 0 Å². The normalized spacial score (nSPS) is 14.9. The van der Waals surface area contributed by atoms with Crippen molar-refractivity contribution in [3.05, 3.63) is 18.0 Å². The maximum absolute atomic E-state index is 11.3. The minimum Gasteiger partial charge on any atom is -0.368 e. The van der Waals surface area contributed by atoms with Crippen LogP contribution < -0.4 is 11.1 Å². The Labute approximate surface area is 102 Å². The lowest BCUT2D eigenvalue weighted by atomic mass is 10.0. The summed E-state index contributed by atoms with van der Waals surface area (Å²) in [7, 11) is 0. The van der Waals surface area contributed by atoms with Gasteiger partial charge >= 0.3 is 0 Å². The van der Waals surface area contributed by atoms with Gasteiger partial charge < -0.3 is 5.73 Å². The van der Waals surface area contributed by atoms with Gasteiger partial charge in [-0.15, -0.1) is 0 Å². The number of aromatic nitrogens is 2. The number of carbonyl (C=O) groups excluding carboxylic acids is 1. The number of nitrogens with two attached hydrogens (primary N) is 1. The Morgan fingerprint density at radius 1 is 1.53 bits per heavy atom. The molecule has 0 saturated heterocycles. The highest BCUT2D eigenvalue weighted by Crippen LogP contribution is 2.14. The van der Waals surface area contributed by atoms with Gasteiger partial charge in [0, 0.05) is 24.3 Å². The van der Waals surface area contributed by atoms with E-state index in [0.717, 1.165) is 12.1 Å². The van der Waals surface area contributed by atoms with E-state index < -0.39 is 0 Å². The summed E-state index contributed by atoms with van der Waals surface area (Å²) in [6.07, 6.45) is 3.80. The molecule has 1 amide bonds. The van der Waals surface area contributed by atoms with Crippen molar-refractivity contribution in [1.82, 2.24) is 15.1 Å². The van der Waals surface area contributed by atoms with Crippen LogP contribution in [0.25, 0.3) is 0 Å². The molecule has 2 atom stereocenters. The molecule has 0 aliphatic carbocycles. The fourth-order valence-electron chi connectivity index (χ4n) is 1.74. The van der Waals surface area contributed by atoms with Crippen LogP contribution in [0.2, 0.25) is 0 Å². The van der Waals surface area contributed by atoms with Gasteiger partial charge in [0.1, 0.15) is 0 Å². The van der Waals surface area contributed by atoms with Gasteiger partial charge in [0.05, 0.1) is 12.2 Å². The number of nitrogens with one attached hydrogen (secondary N) is 1. The van der Waals surface area contributed by atoms with Gasteiger partial charge in [-0.3, -0.25) is 14.8 Å². The number of rotatable bonds is 6. The third-order valence-electron chi connectivity index (χ3n) is 2.88. The van der Waals surface area contributed by atoms with E-state index in [1.807, 2.05) is 44.8 Å². The van der Waals surface area contributed by atoms with E-state index in [9.17, 15) is 4.79 Å². The van der Waals surface area contributed by atoms with Crippen LogP contribution in [0.3, 0.4) is 0 Å². The van der Waals surface area contributed by atoms with Crippen LogP contribution in [-0.4, -0.2) is 21.7 Å². The molecule has 0 aliphatic rings. The highest BCUT2D eigenvalue weighted by molar-refractivity contribution is 5.80. The minimum atomic E-state index is -0.310. The first-order valence-electron chi connectivity index (χ1n) is 6.03. The second-order valence-electron chi connectivity index (χ2n) is 4.64. The van der Waals surface area contributed by atoms with E-state index in [0.29, 0.717) is 0 Å². The first-order chi connectivity index (χ1) is 7.95. The van der Waals surface area contributed by atoms with Crippen LogP contribution in [0, 0.1) is 5.92 Å². The molecule has 1 heterocycles. The number of primary amides is 1. The molecule has 1 aromatic heterocycles. The molecule has 0 bridgehead atoms. The molecular formula is C12H22N4O. The van der Waals surface area contributed by atoms with Crippen molar-refractivity contribution in [3.63, 3.8) is 0 Å². The van der Waals surface area contributed by atoms with Gasteiger partial charge in [-0.25, -0.2) is 0 Å². The quantitative estimate of drug-likeness (QED) is 0.778. The van der Waals surface area contributed by atoms with Crippen molar-refractivity contribution in [3.8, 4) is 0 Å². The average molecular weight is 238 g/mol. The van der Waals surface area contributed by atoms with E-state index in [-0.39, 0.29) is 23.9 Å². The van der Waals surface area contributed by atoms with Crippen LogP contribution >= 0.6 is 0 Å². The second-order valence-corrected chi connectivity index (χ2v) is 4.64. The Hall–Kier alpha value is -1.36. The standard InChI is InChI=1S/C12H22N4O/c1-5-16-7-10(6-14-16)9(4)15-11(8(2)3)12(13)17/h6-9,11,15H,5H2,1-4H3,(H2,13,17). The Morgan fingerprint density at radius 2 is 2.18 bits per heavy atom. The first kappa shape index (κ1) is 13.7. The van der Waals surface area contributed by atoms with Crippen molar-refractivity contribution in [2.24, 2.45) is 11.7 Å². The lowest BCUT2D eigenvalue weighted by Gasteiger charge is -2.23. The van der Waals surface area contributed by atoms with Crippen LogP contribution in [0.4, 0.5) is 0 Å². The molecule has 17 heavy (non-hydrogen) atoms. The number of carbonyl (C=O) groups is 1. The number of nitrogens with zero attached hydrogens (tertiary/aromatic N) is 2. The lowest BCUT2D eigenvalue weighted by Crippen LogP contribution is -2.45. The predicted octanol–water partition coefficient (Wildman–Crippen LogP) is 1.06. The van der Waals surface area contributed by atoms with Crippen molar-refractivity contribution in [2.45, 2.75) is 46.3 Å². The third kappa shape index (κ3) is 3.56. The highest BCUT2D eigenvalue weighted by Gasteiger charge is 2.22. The topological polar surface area (TPSA) is 72.9 Å². The molecule has 0 spiro atoms. The zero-order valence-corrected chi connectivity index (χ0v) is 11.0. The summed E-state index contributed by atoms with van der Waals surface area (Å²) >= 11 is 0. The van der Waals surface area contributed by atoms with Gasteiger partial charge in [-0.2, -0.15) is 5.10 Å². The monoisotopic (exact) mass is 238 g/mol. The summed E-state index contributed by atoms with van der Waals surface area (Å²) in [6.45, 7) is 8.84. The summed E-state index contributed by atoms with van der Waals surface area (Å²) in [4.78, 5) is 11.3. The zero-order valence-electron chi connectivity index (χ0n) is 11.0. The molecule has 3 N–H and O–H groups in total. The SMILES string of the molecule is CCn1cc(C(C)NC(C(N)=O)C(C)C)cn1. The van der Waals surface area contributed by atoms with Gasteiger partial charge in [-0.05, 0) is 19.8 Å². The van der Waals surface area contributed by atoms with E-state index in [1.165, 1.54) is 0 Å². The molecule has 0 aliphatic heterocycles. The van der Waals surface area contributed by atoms with Crippen LogP contribution in [0.15, 0.2) is 12.4 Å². The molecule has 0 radical (unpaired) electrons. The molecule has 0 fully saturated rings. The number of hydrogen-bond acceptors (Lipinski definition) is 3. The van der Waals surface area contributed by atoms with Gasteiger partial charge in [-0.1, -0.05) is 13.8 Å². The molecule has 1 rings (SSSR count). The fourth-order valence-corrected chi connectivity index (χ4v) is 1.74. The molecule has 96 valence electrons. The summed E-state index contributed by atoms with van der Waals surface area (Å²) < 4.78 is 1.86. The van der Waals surface area contributed by atoms with Crippen molar-refractivity contribution in [2.75, 3.05) is 0 Å². The number of amides is 1. The van der Waals surface area contributed by atoms with E-state index in [2.05, 4.69) is 10.4 Å². The van der Waals surface area contributed by atoms with Gasteiger partial charge in [0.15, 0.2) is 0 Å². The summed E-state index contributed by atoms with van der Waals surface area (Å²) in [5.74, 6) is -0.133. The van der Waals surface area contributed by atoms with Crippen molar-refractivity contribution >= 4 is 5.91 Å². The summed E-state index contributed by atoms with van der Waals surface area (Å²) in [5.41, 5.74) is 6.44. The lowest BCUT2D eigenvalue weighted by molar-refractivity contribution is -0.121. The fraction of sp³-hybridized carbons (Fsp3) is 0.667. The molecular weight excluding hydrogens is 216 g/mol. The predicted molar refractivity (Wildman–Crippen MR) is 67.3 cm³/mol. The molecule has 1 aromatic rings. The smallest absolute Gasteiger partial charge is 0.234 e.